The standard InChI is InChI=1S/C9H8BF4/c1-7-4-8(6-9(11)5-7)2-3-10(12,13)14/h2-6H,1H3/q-1/b3-2+. The van der Waals surface area contributed by atoms with Crippen LogP contribution in [0.4, 0.5) is 17.3 Å². The van der Waals surface area contributed by atoms with E-state index >= 15 is 0 Å². The molecule has 0 fully saturated rings. The van der Waals surface area contributed by atoms with Gasteiger partial charge in [0.05, 0.1) is 0 Å². The van der Waals surface area contributed by atoms with Crippen LogP contribution in [0.25, 0.3) is 6.08 Å². The number of hydrogen-bond acceptors (Lipinski definition) is 0. The van der Waals surface area contributed by atoms with Crippen molar-refractivity contribution in [2.45, 2.75) is 6.92 Å². The average molecular weight is 203 g/mol. The molecule has 0 spiro atoms. The molecule has 0 saturated carbocycles. The summed E-state index contributed by atoms with van der Waals surface area (Å²) in [5, 5.41) is 0. The maximum absolute atomic E-state index is 12.7. The third-order valence-electron chi connectivity index (χ3n) is 1.57. The van der Waals surface area contributed by atoms with E-state index in [-0.39, 0.29) is 11.5 Å². The summed E-state index contributed by atoms with van der Waals surface area (Å²) in [5.41, 5.74) is 0.820. The number of halogens is 4. The van der Waals surface area contributed by atoms with Crippen molar-refractivity contribution < 1.29 is 17.3 Å². The first kappa shape index (κ1) is 10.8. The Kier molecular flexibility index (Phi) is 2.98. The van der Waals surface area contributed by atoms with Gasteiger partial charge in [-0.2, -0.15) is 0 Å². The van der Waals surface area contributed by atoms with Gasteiger partial charge in [-0.15, -0.1) is 5.98 Å². The molecular weight excluding hydrogens is 195 g/mol. The van der Waals surface area contributed by atoms with Crippen LogP contribution in [0, 0.1) is 12.7 Å². The van der Waals surface area contributed by atoms with Crippen molar-refractivity contribution in [3.05, 3.63) is 41.1 Å². The Morgan fingerprint density at radius 2 is 1.79 bits per heavy atom. The average Bonchev–Trinajstić information content (AvgIpc) is 1.97. The Bertz CT molecular complexity index is 334. The summed E-state index contributed by atoms with van der Waals surface area (Å²) >= 11 is 0. The van der Waals surface area contributed by atoms with Crippen molar-refractivity contribution in [3.8, 4) is 0 Å². The molecule has 14 heavy (non-hydrogen) atoms. The lowest BCUT2D eigenvalue weighted by atomic mass is 9.90. The Balaban J connectivity index is 2.92. The van der Waals surface area contributed by atoms with Crippen LogP contribution in [-0.4, -0.2) is 6.98 Å². The van der Waals surface area contributed by atoms with E-state index in [2.05, 4.69) is 0 Å². The number of aryl methyl sites for hydroxylation is 1. The predicted octanol–water partition coefficient (Wildman–Crippen LogP) is 3.53. The van der Waals surface area contributed by atoms with Gasteiger partial charge in [0.25, 0.3) is 0 Å². The second-order valence-electron chi connectivity index (χ2n) is 3.05. The molecule has 1 rings (SSSR count). The van der Waals surface area contributed by atoms with Crippen molar-refractivity contribution in [2.24, 2.45) is 0 Å². The zero-order valence-corrected chi connectivity index (χ0v) is 7.48. The van der Waals surface area contributed by atoms with Crippen LogP contribution in [0.2, 0.25) is 0 Å². The summed E-state index contributed by atoms with van der Waals surface area (Å²) in [4.78, 5) is 0. The monoisotopic (exact) mass is 203 g/mol. The molecule has 5 heteroatoms. The van der Waals surface area contributed by atoms with E-state index in [4.69, 9.17) is 0 Å². The van der Waals surface area contributed by atoms with Gasteiger partial charge in [0.2, 0.25) is 0 Å². The molecule has 0 amide bonds. The molecule has 0 aromatic heterocycles. The molecule has 0 unspecified atom stereocenters. The van der Waals surface area contributed by atoms with Gasteiger partial charge >= 0.3 is 6.98 Å². The van der Waals surface area contributed by atoms with E-state index in [1.54, 1.807) is 6.92 Å². The van der Waals surface area contributed by atoms with Crippen molar-refractivity contribution in [3.63, 3.8) is 0 Å². The molecule has 1 aromatic rings. The third-order valence-corrected chi connectivity index (χ3v) is 1.57. The van der Waals surface area contributed by atoms with Crippen LogP contribution >= 0.6 is 0 Å². The van der Waals surface area contributed by atoms with Crippen LogP contribution < -0.4 is 0 Å². The first-order chi connectivity index (χ1) is 6.37. The molecule has 76 valence electrons. The molecule has 0 radical (unpaired) electrons. The highest BCUT2D eigenvalue weighted by atomic mass is 19.4. The highest BCUT2D eigenvalue weighted by molar-refractivity contribution is 6.64. The SMILES string of the molecule is Cc1cc(F)cc(/C=C/[B-](F)(F)F)c1. The minimum atomic E-state index is -4.95. The fourth-order valence-corrected chi connectivity index (χ4v) is 1.08. The van der Waals surface area contributed by atoms with Crippen LogP contribution in [-0.2, 0) is 0 Å². The molecular formula is C9H8BF4-. The molecule has 0 aliphatic rings. The zero-order chi connectivity index (χ0) is 10.8. The number of hydrogen-bond donors (Lipinski definition) is 0. The van der Waals surface area contributed by atoms with Gasteiger partial charge in [-0.25, -0.2) is 4.39 Å². The second kappa shape index (κ2) is 3.86. The van der Waals surface area contributed by atoms with E-state index in [1.807, 2.05) is 0 Å². The zero-order valence-electron chi connectivity index (χ0n) is 7.48. The molecule has 0 aliphatic carbocycles. The summed E-state index contributed by atoms with van der Waals surface area (Å²) in [7, 11) is 0. The van der Waals surface area contributed by atoms with Crippen molar-refractivity contribution >= 4 is 13.1 Å². The number of rotatable bonds is 2. The third kappa shape index (κ3) is 3.64. The summed E-state index contributed by atoms with van der Waals surface area (Å²) in [5.74, 6) is -0.381. The molecule has 1 aromatic carbocycles. The molecule has 0 heterocycles. The summed E-state index contributed by atoms with van der Waals surface area (Å²) in [6, 6.07) is 3.81. The summed E-state index contributed by atoms with van der Waals surface area (Å²) in [6.07, 6.45) is 0.871. The maximum atomic E-state index is 12.7. The highest BCUT2D eigenvalue weighted by Crippen LogP contribution is 2.14. The van der Waals surface area contributed by atoms with Gasteiger partial charge in [-0.05, 0) is 30.2 Å². The predicted molar refractivity (Wildman–Crippen MR) is 49.2 cm³/mol. The van der Waals surface area contributed by atoms with Crippen LogP contribution in [0.1, 0.15) is 11.1 Å². The normalized spacial score (nSPS) is 12.4. The largest absolute Gasteiger partial charge is 0.502 e. The van der Waals surface area contributed by atoms with Gasteiger partial charge < -0.3 is 12.9 Å². The Hall–Kier alpha value is -1.26. The molecule has 0 N–H and O–H groups in total. The smallest absolute Gasteiger partial charge is 0.445 e. The summed E-state index contributed by atoms with van der Waals surface area (Å²) in [6.45, 7) is -3.33. The Labute approximate surface area is 79.3 Å². The molecule has 0 bridgehead atoms. The van der Waals surface area contributed by atoms with E-state index in [0.29, 0.717) is 5.56 Å². The number of benzene rings is 1. The van der Waals surface area contributed by atoms with Gasteiger partial charge in [-0.1, -0.05) is 12.1 Å². The summed E-state index contributed by atoms with van der Waals surface area (Å²) < 4.78 is 48.2. The van der Waals surface area contributed by atoms with Crippen molar-refractivity contribution in [2.75, 3.05) is 0 Å². The van der Waals surface area contributed by atoms with Gasteiger partial charge in [0, 0.05) is 0 Å². The molecule has 0 aliphatic heterocycles. The van der Waals surface area contributed by atoms with E-state index in [1.165, 1.54) is 12.1 Å². The molecule has 0 atom stereocenters. The van der Waals surface area contributed by atoms with E-state index in [9.17, 15) is 17.3 Å². The lowest BCUT2D eigenvalue weighted by Gasteiger charge is -2.06. The second-order valence-corrected chi connectivity index (χ2v) is 3.05. The highest BCUT2D eigenvalue weighted by Gasteiger charge is 2.16. The first-order valence-corrected chi connectivity index (χ1v) is 4.03. The minimum Gasteiger partial charge on any atom is -0.445 e. The lowest BCUT2D eigenvalue weighted by molar-refractivity contribution is 0.499. The van der Waals surface area contributed by atoms with Crippen LogP contribution in [0.15, 0.2) is 24.2 Å². The topological polar surface area (TPSA) is 0 Å². The fraction of sp³-hybridized carbons (Fsp3) is 0.111. The van der Waals surface area contributed by atoms with Gasteiger partial charge in [0.1, 0.15) is 5.82 Å². The van der Waals surface area contributed by atoms with Gasteiger partial charge in [0.15, 0.2) is 0 Å². The van der Waals surface area contributed by atoms with Crippen molar-refractivity contribution in [1.29, 1.82) is 0 Å². The Morgan fingerprint density at radius 3 is 2.29 bits per heavy atom. The fourth-order valence-electron chi connectivity index (χ4n) is 1.08. The van der Waals surface area contributed by atoms with Crippen molar-refractivity contribution in [1.82, 2.24) is 0 Å². The first-order valence-electron chi connectivity index (χ1n) is 4.03. The lowest BCUT2D eigenvalue weighted by Crippen LogP contribution is -2.09. The van der Waals surface area contributed by atoms with E-state index in [0.717, 1.165) is 12.1 Å². The maximum Gasteiger partial charge on any atom is 0.502 e. The van der Waals surface area contributed by atoms with E-state index < -0.39 is 12.8 Å². The van der Waals surface area contributed by atoms with Crippen LogP contribution in [0.5, 0.6) is 0 Å². The van der Waals surface area contributed by atoms with Crippen LogP contribution in [0.3, 0.4) is 0 Å². The Morgan fingerprint density at radius 1 is 1.14 bits per heavy atom. The minimum absolute atomic E-state index is 0.147. The van der Waals surface area contributed by atoms with Gasteiger partial charge in [-0.3, -0.25) is 0 Å². The quantitative estimate of drug-likeness (QED) is 0.509. The molecule has 0 saturated heterocycles. The molecule has 0 nitrogen and oxygen atoms in total.